The number of aromatic nitrogens is 4. The Morgan fingerprint density at radius 1 is 1.40 bits per heavy atom. The third kappa shape index (κ3) is 2.87. The molecule has 0 atom stereocenters. The van der Waals surface area contributed by atoms with E-state index in [0.717, 1.165) is 29.2 Å². The maximum Gasteiger partial charge on any atom is 0.360 e. The number of methoxy groups -OCH3 is 1. The van der Waals surface area contributed by atoms with Gasteiger partial charge in [-0.25, -0.2) is 14.5 Å². The average molecular weight is 294 g/mol. The van der Waals surface area contributed by atoms with Crippen LogP contribution in [0.1, 0.15) is 45.1 Å². The molecule has 7 heteroatoms. The SMILES string of the molecule is CCCc1c(C(=O)OC)nnn1Cc1nc(C)c(C)s1. The zero-order valence-corrected chi connectivity index (χ0v) is 13.0. The number of rotatable bonds is 5. The first-order valence-electron chi connectivity index (χ1n) is 6.50. The van der Waals surface area contributed by atoms with Gasteiger partial charge in [0.2, 0.25) is 0 Å². The molecule has 2 heterocycles. The van der Waals surface area contributed by atoms with Crippen molar-refractivity contribution >= 4 is 17.3 Å². The largest absolute Gasteiger partial charge is 0.464 e. The van der Waals surface area contributed by atoms with E-state index in [1.54, 1.807) is 16.0 Å². The van der Waals surface area contributed by atoms with E-state index in [1.807, 2.05) is 13.8 Å². The molecular formula is C13H18N4O2S. The lowest BCUT2D eigenvalue weighted by Crippen LogP contribution is -2.10. The van der Waals surface area contributed by atoms with Gasteiger partial charge in [-0.2, -0.15) is 0 Å². The number of thiazole rings is 1. The Labute approximate surface area is 121 Å². The van der Waals surface area contributed by atoms with Crippen LogP contribution in [0.25, 0.3) is 0 Å². The predicted octanol–water partition coefficient (Wildman–Crippen LogP) is 2.14. The fraction of sp³-hybridized carbons (Fsp3) is 0.538. The summed E-state index contributed by atoms with van der Waals surface area (Å²) in [6.07, 6.45) is 1.65. The first-order valence-corrected chi connectivity index (χ1v) is 7.32. The van der Waals surface area contributed by atoms with E-state index >= 15 is 0 Å². The highest BCUT2D eigenvalue weighted by Gasteiger charge is 2.20. The standard InChI is InChI=1S/C13H18N4O2S/c1-5-6-10-12(13(18)19-4)15-16-17(10)7-11-14-8(2)9(3)20-11/h5-7H2,1-4H3. The molecule has 0 saturated carbocycles. The summed E-state index contributed by atoms with van der Waals surface area (Å²) in [5.74, 6) is -0.439. The van der Waals surface area contributed by atoms with Crippen molar-refractivity contribution in [3.05, 3.63) is 27.0 Å². The first kappa shape index (κ1) is 14.6. The van der Waals surface area contributed by atoms with E-state index in [4.69, 9.17) is 4.74 Å². The quantitative estimate of drug-likeness (QED) is 0.790. The zero-order valence-electron chi connectivity index (χ0n) is 12.1. The van der Waals surface area contributed by atoms with Crippen molar-refractivity contribution in [2.75, 3.05) is 7.11 Å². The number of nitrogens with zero attached hydrogens (tertiary/aromatic N) is 4. The van der Waals surface area contributed by atoms with E-state index in [9.17, 15) is 4.79 Å². The summed E-state index contributed by atoms with van der Waals surface area (Å²) in [6, 6.07) is 0. The van der Waals surface area contributed by atoms with Gasteiger partial charge in [0, 0.05) is 4.88 Å². The second-order valence-corrected chi connectivity index (χ2v) is 5.82. The van der Waals surface area contributed by atoms with Gasteiger partial charge >= 0.3 is 5.97 Å². The molecule has 0 N–H and O–H groups in total. The van der Waals surface area contributed by atoms with Crippen molar-refractivity contribution in [2.24, 2.45) is 0 Å². The maximum absolute atomic E-state index is 11.7. The Kier molecular flexibility index (Phi) is 4.49. The molecule has 20 heavy (non-hydrogen) atoms. The molecule has 0 spiro atoms. The smallest absolute Gasteiger partial charge is 0.360 e. The van der Waals surface area contributed by atoms with Gasteiger partial charge < -0.3 is 4.74 Å². The molecular weight excluding hydrogens is 276 g/mol. The summed E-state index contributed by atoms with van der Waals surface area (Å²) in [4.78, 5) is 17.4. The van der Waals surface area contributed by atoms with Crippen LogP contribution >= 0.6 is 11.3 Å². The molecule has 0 bridgehead atoms. The van der Waals surface area contributed by atoms with Gasteiger partial charge in [0.25, 0.3) is 0 Å². The van der Waals surface area contributed by atoms with Crippen molar-refractivity contribution < 1.29 is 9.53 Å². The molecule has 0 aliphatic heterocycles. The van der Waals surface area contributed by atoms with Crippen molar-refractivity contribution in [3.8, 4) is 0 Å². The lowest BCUT2D eigenvalue weighted by molar-refractivity contribution is 0.0592. The summed E-state index contributed by atoms with van der Waals surface area (Å²) in [6.45, 7) is 6.63. The van der Waals surface area contributed by atoms with Gasteiger partial charge in [-0.3, -0.25) is 0 Å². The highest BCUT2D eigenvalue weighted by atomic mass is 32.1. The predicted molar refractivity (Wildman–Crippen MR) is 76.0 cm³/mol. The summed E-state index contributed by atoms with van der Waals surface area (Å²) in [5.41, 5.74) is 2.15. The van der Waals surface area contributed by atoms with Crippen molar-refractivity contribution in [3.63, 3.8) is 0 Å². The average Bonchev–Trinajstić information content (AvgIpc) is 2.95. The number of ether oxygens (including phenoxy) is 1. The number of hydrogen-bond donors (Lipinski definition) is 0. The van der Waals surface area contributed by atoms with Gasteiger partial charge in [0.15, 0.2) is 5.69 Å². The Morgan fingerprint density at radius 3 is 2.70 bits per heavy atom. The van der Waals surface area contributed by atoms with Crippen LogP contribution in [0.15, 0.2) is 0 Å². The fourth-order valence-electron chi connectivity index (χ4n) is 1.93. The molecule has 6 nitrogen and oxygen atoms in total. The molecule has 2 aromatic heterocycles. The van der Waals surface area contributed by atoms with Gasteiger partial charge in [-0.05, 0) is 20.3 Å². The van der Waals surface area contributed by atoms with Crippen LogP contribution < -0.4 is 0 Å². The Morgan fingerprint density at radius 2 is 2.15 bits per heavy atom. The second-order valence-electron chi connectivity index (χ2n) is 4.53. The van der Waals surface area contributed by atoms with E-state index in [1.165, 1.54) is 12.0 Å². The van der Waals surface area contributed by atoms with Gasteiger partial charge in [-0.15, -0.1) is 16.4 Å². The maximum atomic E-state index is 11.7. The third-order valence-corrected chi connectivity index (χ3v) is 4.12. The molecule has 0 amide bonds. The number of hydrogen-bond acceptors (Lipinski definition) is 6. The summed E-state index contributed by atoms with van der Waals surface area (Å²) in [7, 11) is 1.35. The Balaban J connectivity index is 2.31. The minimum absolute atomic E-state index is 0.305. The topological polar surface area (TPSA) is 69.9 Å². The van der Waals surface area contributed by atoms with E-state index in [2.05, 4.69) is 22.2 Å². The molecule has 0 fully saturated rings. The summed E-state index contributed by atoms with van der Waals surface area (Å²) < 4.78 is 6.49. The van der Waals surface area contributed by atoms with Crippen molar-refractivity contribution in [1.82, 2.24) is 20.0 Å². The fourth-order valence-corrected chi connectivity index (χ4v) is 2.85. The van der Waals surface area contributed by atoms with Crippen molar-refractivity contribution in [1.29, 1.82) is 0 Å². The number of carbonyl (C=O) groups is 1. The summed E-state index contributed by atoms with van der Waals surface area (Å²) in [5, 5.41) is 8.99. The van der Waals surface area contributed by atoms with Gasteiger partial charge in [-0.1, -0.05) is 18.6 Å². The molecule has 0 aliphatic carbocycles. The van der Waals surface area contributed by atoms with E-state index < -0.39 is 5.97 Å². The highest BCUT2D eigenvalue weighted by molar-refractivity contribution is 7.11. The van der Waals surface area contributed by atoms with Crippen LogP contribution in [0.5, 0.6) is 0 Å². The van der Waals surface area contributed by atoms with Crippen molar-refractivity contribution in [2.45, 2.75) is 40.2 Å². The Hall–Kier alpha value is -1.76. The molecule has 0 aliphatic rings. The number of esters is 1. The van der Waals surface area contributed by atoms with Crippen LogP contribution in [0, 0.1) is 13.8 Å². The molecule has 0 saturated heterocycles. The van der Waals surface area contributed by atoms with Gasteiger partial charge in [0.1, 0.15) is 5.01 Å². The number of aryl methyl sites for hydroxylation is 2. The normalized spacial score (nSPS) is 10.8. The molecule has 2 rings (SSSR count). The summed E-state index contributed by atoms with van der Waals surface area (Å²) >= 11 is 1.64. The number of carbonyl (C=O) groups excluding carboxylic acids is 1. The molecule has 0 radical (unpaired) electrons. The molecule has 2 aromatic rings. The molecule has 108 valence electrons. The lowest BCUT2D eigenvalue weighted by atomic mass is 10.2. The lowest BCUT2D eigenvalue weighted by Gasteiger charge is -2.04. The van der Waals surface area contributed by atoms with E-state index in [-0.39, 0.29) is 0 Å². The third-order valence-electron chi connectivity index (χ3n) is 3.06. The first-order chi connectivity index (χ1) is 9.56. The van der Waals surface area contributed by atoms with E-state index in [0.29, 0.717) is 12.2 Å². The molecule has 0 aromatic carbocycles. The van der Waals surface area contributed by atoms with Crippen LogP contribution in [0.2, 0.25) is 0 Å². The Bertz CT molecular complexity index is 598. The minimum atomic E-state index is -0.439. The van der Waals surface area contributed by atoms with Crippen LogP contribution in [0.4, 0.5) is 0 Å². The van der Waals surface area contributed by atoms with Gasteiger partial charge in [0.05, 0.1) is 25.0 Å². The van der Waals surface area contributed by atoms with Crippen LogP contribution in [0.3, 0.4) is 0 Å². The highest BCUT2D eigenvalue weighted by Crippen LogP contribution is 2.19. The second kappa shape index (κ2) is 6.13. The zero-order chi connectivity index (χ0) is 14.7. The van der Waals surface area contributed by atoms with Crippen LogP contribution in [-0.2, 0) is 17.7 Å². The van der Waals surface area contributed by atoms with Crippen LogP contribution in [-0.4, -0.2) is 33.1 Å². The molecule has 0 unspecified atom stereocenters. The minimum Gasteiger partial charge on any atom is -0.464 e. The monoisotopic (exact) mass is 294 g/mol.